The van der Waals surface area contributed by atoms with E-state index in [1.807, 2.05) is 12.4 Å². The Balaban J connectivity index is 1.19. The van der Waals surface area contributed by atoms with Crippen molar-refractivity contribution in [2.45, 2.75) is 69.4 Å². The molecule has 1 saturated heterocycles. The van der Waals surface area contributed by atoms with Gasteiger partial charge in [0.25, 0.3) is 0 Å². The van der Waals surface area contributed by atoms with E-state index in [1.165, 1.54) is 56.9 Å². The minimum absolute atomic E-state index is 0.527. The quantitative estimate of drug-likeness (QED) is 0.790. The Hall–Kier alpha value is -1.13. The van der Waals surface area contributed by atoms with Gasteiger partial charge in [0.15, 0.2) is 0 Å². The van der Waals surface area contributed by atoms with Crippen LogP contribution >= 0.6 is 0 Å². The Morgan fingerprint density at radius 2 is 2.00 bits per heavy atom. The van der Waals surface area contributed by atoms with Gasteiger partial charge >= 0.3 is 0 Å². The van der Waals surface area contributed by atoms with Crippen molar-refractivity contribution < 1.29 is 9.47 Å². The van der Waals surface area contributed by atoms with Gasteiger partial charge in [-0.1, -0.05) is 19.3 Å². The number of aromatic nitrogens is 1. The first-order valence-electron chi connectivity index (χ1n) is 9.81. The van der Waals surface area contributed by atoms with Gasteiger partial charge in [0.2, 0.25) is 0 Å². The number of pyridine rings is 1. The maximum Gasteiger partial charge on any atom is 0.137 e. The van der Waals surface area contributed by atoms with Gasteiger partial charge in [-0.2, -0.15) is 0 Å². The maximum atomic E-state index is 6.08. The SMILES string of the molecule is c1ncc([C@H]2C[C@@H]2CCOC2CCCCC2)cc1OC[C@@H]1CCN1. The first-order valence-corrected chi connectivity index (χ1v) is 9.81. The van der Waals surface area contributed by atoms with Crippen molar-refractivity contribution in [2.24, 2.45) is 5.92 Å². The molecule has 3 fully saturated rings. The summed E-state index contributed by atoms with van der Waals surface area (Å²) in [7, 11) is 0. The predicted octanol–water partition coefficient (Wildman–Crippen LogP) is 3.67. The number of hydrogen-bond acceptors (Lipinski definition) is 4. The second kappa shape index (κ2) is 7.83. The largest absolute Gasteiger partial charge is 0.490 e. The fraction of sp³-hybridized carbons (Fsp3) is 0.750. The van der Waals surface area contributed by atoms with Gasteiger partial charge in [0, 0.05) is 18.8 Å². The summed E-state index contributed by atoms with van der Waals surface area (Å²) in [6.07, 6.45) is 14.7. The van der Waals surface area contributed by atoms with Gasteiger partial charge in [0.05, 0.1) is 12.3 Å². The fourth-order valence-electron chi connectivity index (χ4n) is 4.00. The van der Waals surface area contributed by atoms with Crippen LogP contribution in [-0.4, -0.2) is 36.9 Å². The molecular formula is C20H30N2O2. The first kappa shape index (κ1) is 16.3. The highest BCUT2D eigenvalue weighted by atomic mass is 16.5. The summed E-state index contributed by atoms with van der Waals surface area (Å²) in [6, 6.07) is 2.72. The van der Waals surface area contributed by atoms with E-state index in [9.17, 15) is 0 Å². The van der Waals surface area contributed by atoms with E-state index in [-0.39, 0.29) is 0 Å². The molecule has 4 heteroatoms. The normalized spacial score (nSPS) is 29.9. The smallest absolute Gasteiger partial charge is 0.137 e. The van der Waals surface area contributed by atoms with E-state index >= 15 is 0 Å². The molecule has 2 aliphatic carbocycles. The molecule has 3 atom stereocenters. The molecule has 1 aromatic rings. The van der Waals surface area contributed by atoms with E-state index < -0.39 is 0 Å². The lowest BCUT2D eigenvalue weighted by atomic mass is 9.98. The summed E-state index contributed by atoms with van der Waals surface area (Å²) < 4.78 is 12.0. The summed E-state index contributed by atoms with van der Waals surface area (Å²) in [5, 5.41) is 3.36. The zero-order chi connectivity index (χ0) is 16.2. The first-order chi connectivity index (χ1) is 11.9. The Kier molecular flexibility index (Phi) is 5.34. The molecule has 0 aromatic carbocycles. The van der Waals surface area contributed by atoms with Gasteiger partial charge in [-0.05, 0) is 62.1 Å². The minimum atomic E-state index is 0.527. The molecule has 4 nitrogen and oxygen atoms in total. The van der Waals surface area contributed by atoms with Crippen LogP contribution in [0.1, 0.15) is 62.8 Å². The minimum Gasteiger partial charge on any atom is -0.490 e. The molecule has 24 heavy (non-hydrogen) atoms. The van der Waals surface area contributed by atoms with Crippen molar-refractivity contribution in [1.82, 2.24) is 10.3 Å². The predicted molar refractivity (Wildman–Crippen MR) is 94.4 cm³/mol. The molecule has 2 heterocycles. The van der Waals surface area contributed by atoms with Gasteiger partial charge in [0.1, 0.15) is 12.4 Å². The Bertz CT molecular complexity index is 526. The van der Waals surface area contributed by atoms with Crippen LogP contribution in [0.2, 0.25) is 0 Å². The molecule has 1 N–H and O–H groups in total. The third-order valence-electron chi connectivity index (χ3n) is 5.86. The summed E-state index contributed by atoms with van der Waals surface area (Å²) >= 11 is 0. The van der Waals surface area contributed by atoms with Crippen molar-refractivity contribution in [3.05, 3.63) is 24.0 Å². The van der Waals surface area contributed by atoms with Crippen LogP contribution in [0, 0.1) is 5.92 Å². The Labute approximate surface area is 145 Å². The molecule has 0 radical (unpaired) electrons. The van der Waals surface area contributed by atoms with E-state index in [0.29, 0.717) is 18.1 Å². The standard InChI is InChI=1S/C20H30N2O2/c1-2-4-18(5-3-1)23-9-7-15-11-20(15)16-10-19(13-21-12-16)24-14-17-6-8-22-17/h10,12-13,15,17-18,20,22H,1-9,11,14H2/t15-,17-,20-/m0/s1. The van der Waals surface area contributed by atoms with Crippen LogP contribution in [0.5, 0.6) is 5.75 Å². The van der Waals surface area contributed by atoms with Crippen LogP contribution in [0.15, 0.2) is 18.5 Å². The van der Waals surface area contributed by atoms with Crippen LogP contribution in [0.25, 0.3) is 0 Å². The van der Waals surface area contributed by atoms with E-state index in [0.717, 1.165) is 31.4 Å². The number of rotatable bonds is 8. The third-order valence-corrected chi connectivity index (χ3v) is 5.86. The number of ether oxygens (including phenoxy) is 2. The molecule has 0 spiro atoms. The van der Waals surface area contributed by atoms with Crippen molar-refractivity contribution >= 4 is 0 Å². The highest BCUT2D eigenvalue weighted by molar-refractivity contribution is 5.30. The third kappa shape index (κ3) is 4.28. The highest BCUT2D eigenvalue weighted by Crippen LogP contribution is 2.49. The lowest BCUT2D eigenvalue weighted by molar-refractivity contribution is 0.0250. The summed E-state index contributed by atoms with van der Waals surface area (Å²) in [5.74, 6) is 2.36. The van der Waals surface area contributed by atoms with Crippen LogP contribution in [-0.2, 0) is 4.74 Å². The second-order valence-corrected chi connectivity index (χ2v) is 7.73. The number of hydrogen-bond donors (Lipinski definition) is 1. The highest BCUT2D eigenvalue weighted by Gasteiger charge is 2.38. The van der Waals surface area contributed by atoms with Crippen LogP contribution in [0.4, 0.5) is 0 Å². The Morgan fingerprint density at radius 3 is 2.79 bits per heavy atom. The van der Waals surface area contributed by atoms with Gasteiger partial charge < -0.3 is 14.8 Å². The second-order valence-electron chi connectivity index (χ2n) is 7.73. The van der Waals surface area contributed by atoms with Crippen molar-refractivity contribution in [3.8, 4) is 5.75 Å². The topological polar surface area (TPSA) is 43.4 Å². The Morgan fingerprint density at radius 1 is 1.12 bits per heavy atom. The van der Waals surface area contributed by atoms with E-state index in [2.05, 4.69) is 16.4 Å². The van der Waals surface area contributed by atoms with Crippen molar-refractivity contribution in [2.75, 3.05) is 19.8 Å². The number of nitrogens with one attached hydrogen (secondary N) is 1. The molecule has 0 unspecified atom stereocenters. The number of nitrogens with zero attached hydrogens (tertiary/aromatic N) is 1. The molecule has 0 amide bonds. The van der Waals surface area contributed by atoms with E-state index in [1.54, 1.807) is 0 Å². The molecule has 3 aliphatic rings. The lowest BCUT2D eigenvalue weighted by Crippen LogP contribution is -2.46. The molecular weight excluding hydrogens is 300 g/mol. The summed E-state index contributed by atoms with van der Waals surface area (Å²) in [5.41, 5.74) is 1.34. The average Bonchev–Trinajstić information content (AvgIpc) is 3.34. The van der Waals surface area contributed by atoms with Gasteiger partial charge in [-0.3, -0.25) is 4.98 Å². The molecule has 132 valence electrons. The maximum absolute atomic E-state index is 6.08. The van der Waals surface area contributed by atoms with Crippen molar-refractivity contribution in [3.63, 3.8) is 0 Å². The van der Waals surface area contributed by atoms with Crippen LogP contribution in [0.3, 0.4) is 0 Å². The zero-order valence-corrected chi connectivity index (χ0v) is 14.6. The van der Waals surface area contributed by atoms with Gasteiger partial charge in [-0.15, -0.1) is 0 Å². The van der Waals surface area contributed by atoms with Crippen LogP contribution < -0.4 is 10.1 Å². The summed E-state index contributed by atoms with van der Waals surface area (Å²) in [4.78, 5) is 4.38. The average molecular weight is 330 g/mol. The summed E-state index contributed by atoms with van der Waals surface area (Å²) in [6.45, 7) is 2.82. The monoisotopic (exact) mass is 330 g/mol. The van der Waals surface area contributed by atoms with E-state index in [4.69, 9.17) is 9.47 Å². The van der Waals surface area contributed by atoms with Gasteiger partial charge in [-0.25, -0.2) is 0 Å². The lowest BCUT2D eigenvalue weighted by Gasteiger charge is -2.27. The molecule has 4 rings (SSSR count). The molecule has 1 aliphatic heterocycles. The molecule has 2 saturated carbocycles. The molecule has 1 aromatic heterocycles. The zero-order valence-electron chi connectivity index (χ0n) is 14.6. The fourth-order valence-corrected chi connectivity index (χ4v) is 4.00. The molecule has 0 bridgehead atoms. The van der Waals surface area contributed by atoms with Crippen molar-refractivity contribution in [1.29, 1.82) is 0 Å².